The molecule has 1 atom stereocenters. The van der Waals surface area contributed by atoms with E-state index in [0.29, 0.717) is 24.2 Å². The van der Waals surface area contributed by atoms with Crippen LogP contribution in [-0.2, 0) is 24.9 Å². The van der Waals surface area contributed by atoms with Gasteiger partial charge in [0.15, 0.2) is 0 Å². The van der Waals surface area contributed by atoms with Gasteiger partial charge in [0.1, 0.15) is 11.4 Å². The van der Waals surface area contributed by atoms with Crippen molar-refractivity contribution >= 4 is 11.0 Å². The molecule has 4 rings (SSSR count). The number of likely N-dealkylation sites (tertiary alicyclic amines) is 1. The Balaban J connectivity index is 1.61. The molecule has 1 aliphatic rings. The number of rotatable bonds is 7. The smallest absolute Gasteiger partial charge is 0.332 e. The Bertz CT molecular complexity index is 1200. The van der Waals surface area contributed by atoms with E-state index in [-0.39, 0.29) is 17.2 Å². The van der Waals surface area contributed by atoms with Crippen molar-refractivity contribution in [3.8, 4) is 5.75 Å². The third-order valence-electron chi connectivity index (χ3n) is 6.21. The van der Waals surface area contributed by atoms with E-state index >= 15 is 0 Å². The van der Waals surface area contributed by atoms with Gasteiger partial charge in [-0.05, 0) is 49.2 Å². The minimum absolute atomic E-state index is 0.251. The number of methoxy groups -OCH3 is 2. The first kappa shape index (κ1) is 22.2. The van der Waals surface area contributed by atoms with E-state index in [9.17, 15) is 9.59 Å². The van der Waals surface area contributed by atoms with Crippen LogP contribution < -0.4 is 16.0 Å². The van der Waals surface area contributed by atoms with Crippen molar-refractivity contribution in [2.45, 2.75) is 31.8 Å². The number of piperidine rings is 1. The Kier molecular flexibility index (Phi) is 6.72. The van der Waals surface area contributed by atoms with Crippen molar-refractivity contribution in [3.63, 3.8) is 0 Å². The monoisotopic (exact) mass is 438 g/mol. The van der Waals surface area contributed by atoms with Crippen LogP contribution in [0.1, 0.15) is 30.0 Å². The van der Waals surface area contributed by atoms with Gasteiger partial charge in [-0.2, -0.15) is 0 Å². The first-order valence-corrected chi connectivity index (χ1v) is 11.0. The van der Waals surface area contributed by atoms with Crippen LogP contribution in [0.3, 0.4) is 0 Å². The van der Waals surface area contributed by atoms with E-state index in [0.717, 1.165) is 48.5 Å². The van der Waals surface area contributed by atoms with Crippen molar-refractivity contribution in [1.82, 2.24) is 19.0 Å². The number of pyridine rings is 1. The minimum atomic E-state index is -0.367. The Labute approximate surface area is 187 Å². The fourth-order valence-corrected chi connectivity index (χ4v) is 4.42. The molecule has 1 aliphatic heterocycles. The highest BCUT2D eigenvalue weighted by Crippen LogP contribution is 2.27. The highest BCUT2D eigenvalue weighted by molar-refractivity contribution is 5.74. The number of benzene rings is 1. The predicted octanol–water partition coefficient (Wildman–Crippen LogP) is 2.13. The zero-order valence-electron chi connectivity index (χ0n) is 18.9. The first-order chi connectivity index (χ1) is 15.5. The van der Waals surface area contributed by atoms with Gasteiger partial charge in [0.2, 0.25) is 0 Å². The van der Waals surface area contributed by atoms with Crippen LogP contribution in [0.4, 0.5) is 0 Å². The maximum atomic E-state index is 12.7. The molecular formula is C24H30N4O4. The largest absolute Gasteiger partial charge is 0.497 e. The van der Waals surface area contributed by atoms with Gasteiger partial charge in [-0.15, -0.1) is 0 Å². The summed E-state index contributed by atoms with van der Waals surface area (Å²) in [4.78, 5) is 32.6. The molecule has 0 unspecified atom stereocenters. The molecule has 32 heavy (non-hydrogen) atoms. The van der Waals surface area contributed by atoms with Crippen LogP contribution >= 0.6 is 0 Å². The third-order valence-corrected chi connectivity index (χ3v) is 6.21. The Morgan fingerprint density at radius 2 is 1.88 bits per heavy atom. The van der Waals surface area contributed by atoms with E-state index in [1.807, 2.05) is 24.3 Å². The standard InChI is InChI=1S/C24H30N4O4/c1-26-23(29)20-10-11-21(25-22(20)28(24(26)30)13-14-31-2)18-5-4-12-27(16-18)15-17-6-8-19(32-3)9-7-17/h6-11,18H,4-5,12-16H2,1-3H3/t18-/m1/s1. The highest BCUT2D eigenvalue weighted by Gasteiger charge is 2.24. The molecule has 8 heteroatoms. The van der Waals surface area contributed by atoms with Crippen molar-refractivity contribution in [2.24, 2.45) is 7.05 Å². The maximum absolute atomic E-state index is 12.7. The lowest BCUT2D eigenvalue weighted by molar-refractivity contribution is 0.186. The summed E-state index contributed by atoms with van der Waals surface area (Å²) in [6.07, 6.45) is 2.11. The second-order valence-corrected chi connectivity index (χ2v) is 8.32. The number of nitrogens with zero attached hydrogens (tertiary/aromatic N) is 4. The molecule has 8 nitrogen and oxygen atoms in total. The van der Waals surface area contributed by atoms with Gasteiger partial charge in [0, 0.05) is 38.9 Å². The van der Waals surface area contributed by atoms with Gasteiger partial charge in [0.25, 0.3) is 5.56 Å². The molecule has 0 N–H and O–H groups in total. The zero-order valence-corrected chi connectivity index (χ0v) is 18.9. The molecule has 170 valence electrons. The molecular weight excluding hydrogens is 408 g/mol. The number of hydrogen-bond donors (Lipinski definition) is 0. The lowest BCUT2D eigenvalue weighted by Crippen LogP contribution is -2.39. The van der Waals surface area contributed by atoms with E-state index < -0.39 is 0 Å². The van der Waals surface area contributed by atoms with E-state index in [1.54, 1.807) is 18.8 Å². The molecule has 3 aromatic rings. The molecule has 1 saturated heterocycles. The molecule has 0 amide bonds. The Morgan fingerprint density at radius 3 is 2.59 bits per heavy atom. The summed E-state index contributed by atoms with van der Waals surface area (Å²) >= 11 is 0. The number of ether oxygens (including phenoxy) is 2. The van der Waals surface area contributed by atoms with Crippen molar-refractivity contribution in [1.29, 1.82) is 0 Å². The van der Waals surface area contributed by atoms with Crippen LogP contribution in [0.15, 0.2) is 46.0 Å². The van der Waals surface area contributed by atoms with Crippen LogP contribution in [0.25, 0.3) is 11.0 Å². The van der Waals surface area contributed by atoms with Gasteiger partial charge >= 0.3 is 5.69 Å². The lowest BCUT2D eigenvalue weighted by atomic mass is 9.93. The average molecular weight is 439 g/mol. The van der Waals surface area contributed by atoms with Gasteiger partial charge in [0.05, 0.1) is 25.6 Å². The molecule has 2 aromatic heterocycles. The van der Waals surface area contributed by atoms with Gasteiger partial charge in [-0.25, -0.2) is 9.78 Å². The topological polar surface area (TPSA) is 78.6 Å². The SMILES string of the molecule is COCCn1c(=O)n(C)c(=O)c2ccc([C@@H]3CCCN(Cc4ccc(OC)cc4)C3)nc21. The van der Waals surface area contributed by atoms with Crippen molar-refractivity contribution in [3.05, 3.63) is 68.5 Å². The molecule has 0 saturated carbocycles. The summed E-state index contributed by atoms with van der Waals surface area (Å²) in [5.41, 5.74) is 1.93. The number of hydrogen-bond acceptors (Lipinski definition) is 6. The summed E-state index contributed by atoms with van der Waals surface area (Å²) in [5, 5.41) is 0.456. The second kappa shape index (κ2) is 9.67. The molecule has 1 fully saturated rings. The second-order valence-electron chi connectivity index (χ2n) is 8.32. The normalized spacial score (nSPS) is 17.0. The van der Waals surface area contributed by atoms with Gasteiger partial charge in [-0.1, -0.05) is 12.1 Å². The summed E-state index contributed by atoms with van der Waals surface area (Å²) in [5.74, 6) is 1.11. The Hall–Kier alpha value is -2.97. The van der Waals surface area contributed by atoms with E-state index in [1.165, 1.54) is 12.6 Å². The summed E-state index contributed by atoms with van der Waals surface area (Å²) in [6.45, 7) is 3.52. The van der Waals surface area contributed by atoms with Crippen molar-refractivity contribution in [2.75, 3.05) is 33.9 Å². The third kappa shape index (κ3) is 4.47. The number of aromatic nitrogens is 3. The van der Waals surface area contributed by atoms with Crippen LogP contribution in [0.2, 0.25) is 0 Å². The molecule has 3 heterocycles. The van der Waals surface area contributed by atoms with Gasteiger partial charge < -0.3 is 9.47 Å². The first-order valence-electron chi connectivity index (χ1n) is 11.0. The molecule has 0 spiro atoms. The number of fused-ring (bicyclic) bond motifs is 1. The summed E-state index contributed by atoms with van der Waals surface area (Å²) in [7, 11) is 4.76. The average Bonchev–Trinajstić information content (AvgIpc) is 2.83. The zero-order chi connectivity index (χ0) is 22.7. The van der Waals surface area contributed by atoms with Crippen molar-refractivity contribution < 1.29 is 9.47 Å². The quantitative estimate of drug-likeness (QED) is 0.562. The molecule has 0 radical (unpaired) electrons. The Morgan fingerprint density at radius 1 is 1.09 bits per heavy atom. The fourth-order valence-electron chi connectivity index (χ4n) is 4.42. The summed E-state index contributed by atoms with van der Waals surface area (Å²) < 4.78 is 13.1. The van der Waals surface area contributed by atoms with E-state index in [2.05, 4.69) is 17.0 Å². The fraction of sp³-hybridized carbons (Fsp3) is 0.458. The highest BCUT2D eigenvalue weighted by atomic mass is 16.5. The molecule has 1 aromatic carbocycles. The van der Waals surface area contributed by atoms with Crippen LogP contribution in [0.5, 0.6) is 5.75 Å². The predicted molar refractivity (Wildman–Crippen MR) is 123 cm³/mol. The molecule has 0 aliphatic carbocycles. The summed E-state index contributed by atoms with van der Waals surface area (Å²) in [6, 6.07) is 11.9. The minimum Gasteiger partial charge on any atom is -0.497 e. The lowest BCUT2D eigenvalue weighted by Gasteiger charge is -2.32. The van der Waals surface area contributed by atoms with Crippen LogP contribution in [0, 0.1) is 0 Å². The van der Waals surface area contributed by atoms with Gasteiger partial charge in [-0.3, -0.25) is 18.8 Å². The molecule has 0 bridgehead atoms. The van der Waals surface area contributed by atoms with Crippen LogP contribution in [-0.4, -0.2) is 52.9 Å². The maximum Gasteiger partial charge on any atom is 0.332 e. The van der Waals surface area contributed by atoms with E-state index in [4.69, 9.17) is 14.5 Å².